The van der Waals surface area contributed by atoms with Crippen molar-refractivity contribution in [2.75, 3.05) is 0 Å². The summed E-state index contributed by atoms with van der Waals surface area (Å²) in [5.41, 5.74) is 0.402. The van der Waals surface area contributed by atoms with Gasteiger partial charge in [0, 0.05) is 12.2 Å². The zero-order valence-electron chi connectivity index (χ0n) is 25.2. The lowest BCUT2D eigenvalue weighted by molar-refractivity contribution is -0.157. The van der Waals surface area contributed by atoms with Crippen LogP contribution in [0.4, 0.5) is 0 Å². The van der Waals surface area contributed by atoms with Gasteiger partial charge in [-0.1, -0.05) is 96.6 Å². The Hall–Kier alpha value is -1.58. The summed E-state index contributed by atoms with van der Waals surface area (Å²) in [6, 6.07) is 0. The first-order chi connectivity index (χ1) is 19.5. The maximum Gasteiger partial charge on any atom is 0.330 e. The first-order valence-corrected chi connectivity index (χ1v) is 17.2. The van der Waals surface area contributed by atoms with Gasteiger partial charge in [-0.15, -0.1) is 0 Å². The van der Waals surface area contributed by atoms with Crippen molar-refractivity contribution in [1.82, 2.24) is 0 Å². The Bertz CT molecular complexity index is 796. The van der Waals surface area contributed by atoms with E-state index in [9.17, 15) is 9.59 Å². The van der Waals surface area contributed by atoms with Crippen LogP contribution in [0.5, 0.6) is 0 Å². The standard InChI is InChI=1S/C36H56O4/c1-3-34(37)39-32-20-18-28(24-30(32)26-14-8-5-9-15-26)36(22-12-7-13-23-36)29-19-21-33(40-35(38)4-2)31(25-29)27-16-10-6-11-17-27/h3-4,26-33H,1-2,5-25H2. The van der Waals surface area contributed by atoms with Crippen LogP contribution in [0.2, 0.25) is 0 Å². The molecule has 5 fully saturated rings. The third-order valence-electron chi connectivity index (χ3n) is 12.5. The van der Waals surface area contributed by atoms with Gasteiger partial charge in [0.25, 0.3) is 0 Å². The molecule has 0 saturated heterocycles. The third-order valence-corrected chi connectivity index (χ3v) is 12.5. The van der Waals surface area contributed by atoms with Gasteiger partial charge in [-0.05, 0) is 92.3 Å². The van der Waals surface area contributed by atoms with Gasteiger partial charge < -0.3 is 9.47 Å². The second-order valence-corrected chi connectivity index (χ2v) is 14.3. The Morgan fingerprint density at radius 1 is 0.550 bits per heavy atom. The first-order valence-electron chi connectivity index (χ1n) is 17.2. The topological polar surface area (TPSA) is 52.6 Å². The average Bonchev–Trinajstić information content (AvgIpc) is 3.02. The van der Waals surface area contributed by atoms with Crippen molar-refractivity contribution in [1.29, 1.82) is 0 Å². The SMILES string of the molecule is C=CC(=O)OC1CCC(C2(C3CCC(OC(=O)C=C)C(C4CCCCC4)C3)CCCCC2)CC1C1CCCCC1. The highest BCUT2D eigenvalue weighted by atomic mass is 16.5. The fraction of sp³-hybridized carbons (Fsp3) is 0.833. The van der Waals surface area contributed by atoms with Gasteiger partial charge in [-0.25, -0.2) is 9.59 Å². The van der Waals surface area contributed by atoms with Gasteiger partial charge >= 0.3 is 11.9 Å². The predicted molar refractivity (Wildman–Crippen MR) is 160 cm³/mol. The van der Waals surface area contributed by atoms with Gasteiger partial charge in [-0.2, -0.15) is 0 Å². The normalized spacial score (nSPS) is 35.8. The predicted octanol–water partition coefficient (Wildman–Crippen LogP) is 9.13. The molecule has 0 aliphatic heterocycles. The minimum Gasteiger partial charge on any atom is -0.459 e. The summed E-state index contributed by atoms with van der Waals surface area (Å²) in [6.07, 6.45) is 29.8. The highest BCUT2D eigenvalue weighted by Gasteiger charge is 2.52. The molecular formula is C36H56O4. The molecule has 40 heavy (non-hydrogen) atoms. The number of carbonyl (C=O) groups excluding carboxylic acids is 2. The van der Waals surface area contributed by atoms with E-state index in [0.29, 0.717) is 29.1 Å². The Kier molecular flexibility index (Phi) is 10.5. The van der Waals surface area contributed by atoms with Crippen LogP contribution in [0.1, 0.15) is 135 Å². The first kappa shape index (κ1) is 29.9. The molecule has 5 aliphatic carbocycles. The van der Waals surface area contributed by atoms with Crippen LogP contribution in [0.15, 0.2) is 25.3 Å². The summed E-state index contributed by atoms with van der Waals surface area (Å²) in [5.74, 6) is 3.37. The molecule has 0 aromatic rings. The summed E-state index contributed by atoms with van der Waals surface area (Å²) in [4.78, 5) is 24.7. The molecule has 4 heteroatoms. The Labute approximate surface area is 244 Å². The van der Waals surface area contributed by atoms with Crippen molar-refractivity contribution in [2.24, 2.45) is 40.9 Å². The third kappa shape index (κ3) is 6.73. The second-order valence-electron chi connectivity index (χ2n) is 14.3. The van der Waals surface area contributed by atoms with E-state index in [4.69, 9.17) is 9.47 Å². The summed E-state index contributed by atoms with van der Waals surface area (Å²) < 4.78 is 12.1. The highest BCUT2D eigenvalue weighted by molar-refractivity contribution is 5.81. The fourth-order valence-corrected chi connectivity index (χ4v) is 10.6. The molecule has 0 amide bonds. The molecule has 0 spiro atoms. The molecule has 6 atom stereocenters. The fourth-order valence-electron chi connectivity index (χ4n) is 10.6. The Morgan fingerprint density at radius 3 is 1.35 bits per heavy atom. The van der Waals surface area contributed by atoms with E-state index in [0.717, 1.165) is 24.7 Å². The number of carbonyl (C=O) groups is 2. The molecule has 5 rings (SSSR count). The zero-order valence-corrected chi connectivity index (χ0v) is 25.2. The van der Waals surface area contributed by atoms with Gasteiger partial charge in [0.15, 0.2) is 0 Å². The van der Waals surface area contributed by atoms with Crippen LogP contribution in [-0.2, 0) is 19.1 Å². The maximum atomic E-state index is 12.3. The van der Waals surface area contributed by atoms with Crippen LogP contribution in [0.3, 0.4) is 0 Å². The van der Waals surface area contributed by atoms with E-state index < -0.39 is 0 Å². The van der Waals surface area contributed by atoms with Crippen molar-refractivity contribution in [3.05, 3.63) is 25.3 Å². The largest absolute Gasteiger partial charge is 0.459 e. The molecule has 0 bridgehead atoms. The van der Waals surface area contributed by atoms with Crippen molar-refractivity contribution in [2.45, 2.75) is 147 Å². The molecular weight excluding hydrogens is 496 g/mol. The summed E-state index contributed by atoms with van der Waals surface area (Å²) in [6.45, 7) is 7.38. The monoisotopic (exact) mass is 552 g/mol. The van der Waals surface area contributed by atoms with E-state index in [1.165, 1.54) is 134 Å². The average molecular weight is 553 g/mol. The number of rotatable bonds is 8. The molecule has 6 unspecified atom stereocenters. The lowest BCUT2D eigenvalue weighted by atomic mass is 9.50. The number of hydrogen-bond acceptors (Lipinski definition) is 4. The van der Waals surface area contributed by atoms with E-state index in [-0.39, 0.29) is 24.1 Å². The molecule has 0 N–H and O–H groups in total. The number of esters is 2. The maximum absolute atomic E-state index is 12.3. The summed E-state index contributed by atoms with van der Waals surface area (Å²) in [5, 5.41) is 0. The van der Waals surface area contributed by atoms with Crippen molar-refractivity contribution < 1.29 is 19.1 Å². The highest BCUT2D eigenvalue weighted by Crippen LogP contribution is 2.60. The number of hydrogen-bond donors (Lipinski definition) is 0. The van der Waals surface area contributed by atoms with Crippen molar-refractivity contribution in [3.8, 4) is 0 Å². The van der Waals surface area contributed by atoms with E-state index in [2.05, 4.69) is 13.2 Å². The Balaban J connectivity index is 1.38. The molecule has 0 aromatic heterocycles. The minimum atomic E-state index is -0.237. The van der Waals surface area contributed by atoms with Gasteiger partial charge in [0.2, 0.25) is 0 Å². The van der Waals surface area contributed by atoms with Crippen LogP contribution in [0, 0.1) is 40.9 Å². The van der Waals surface area contributed by atoms with Crippen molar-refractivity contribution in [3.63, 3.8) is 0 Å². The van der Waals surface area contributed by atoms with Crippen LogP contribution in [-0.4, -0.2) is 24.1 Å². The van der Waals surface area contributed by atoms with E-state index in [1.54, 1.807) is 0 Å². The van der Waals surface area contributed by atoms with E-state index in [1.807, 2.05) is 0 Å². The molecule has 0 radical (unpaired) electrons. The quantitative estimate of drug-likeness (QED) is 0.222. The molecule has 224 valence electrons. The van der Waals surface area contributed by atoms with Crippen LogP contribution >= 0.6 is 0 Å². The molecule has 4 nitrogen and oxygen atoms in total. The Morgan fingerprint density at radius 2 is 0.950 bits per heavy atom. The van der Waals surface area contributed by atoms with Crippen LogP contribution in [0.25, 0.3) is 0 Å². The molecule has 0 heterocycles. The van der Waals surface area contributed by atoms with E-state index >= 15 is 0 Å². The lowest BCUT2D eigenvalue weighted by Gasteiger charge is -2.56. The lowest BCUT2D eigenvalue weighted by Crippen LogP contribution is -2.50. The minimum absolute atomic E-state index is 0.0644. The smallest absolute Gasteiger partial charge is 0.330 e. The second kappa shape index (κ2) is 14.1. The summed E-state index contributed by atoms with van der Waals surface area (Å²) in [7, 11) is 0. The zero-order chi connectivity index (χ0) is 28.0. The van der Waals surface area contributed by atoms with Gasteiger partial charge in [-0.3, -0.25) is 0 Å². The van der Waals surface area contributed by atoms with Gasteiger partial charge in [0.05, 0.1) is 0 Å². The molecule has 5 saturated carbocycles. The molecule has 5 aliphatic rings. The van der Waals surface area contributed by atoms with Gasteiger partial charge in [0.1, 0.15) is 12.2 Å². The van der Waals surface area contributed by atoms with Crippen molar-refractivity contribution >= 4 is 11.9 Å². The van der Waals surface area contributed by atoms with Crippen LogP contribution < -0.4 is 0 Å². The molecule has 0 aromatic carbocycles. The number of ether oxygens (including phenoxy) is 2. The summed E-state index contributed by atoms with van der Waals surface area (Å²) >= 11 is 0.